The molecule has 3 rings (SSSR count). The van der Waals surface area contributed by atoms with E-state index in [0.717, 1.165) is 5.57 Å². The molecule has 0 spiro atoms. The lowest BCUT2D eigenvalue weighted by Crippen LogP contribution is -2.35. The van der Waals surface area contributed by atoms with Gasteiger partial charge in [-0.3, -0.25) is 10.8 Å². The first-order chi connectivity index (χ1) is 12.5. The van der Waals surface area contributed by atoms with Crippen LogP contribution in [0.15, 0.2) is 65.2 Å². The molecule has 0 fully saturated rings. The average Bonchev–Trinajstić information content (AvgIpc) is 3.05. The number of hydrogen-bond acceptors (Lipinski definition) is 6. The Balaban J connectivity index is 1.91. The number of ether oxygens (including phenoxy) is 2. The van der Waals surface area contributed by atoms with E-state index in [0.29, 0.717) is 33.6 Å². The van der Waals surface area contributed by atoms with Crippen molar-refractivity contribution in [1.29, 1.82) is 10.8 Å². The Morgan fingerprint density at radius 2 is 2.08 bits per heavy atom. The predicted molar refractivity (Wildman–Crippen MR) is 106 cm³/mol. The second-order valence-electron chi connectivity index (χ2n) is 5.44. The number of thioether (sulfide) groups is 1. The molecule has 8 heteroatoms. The minimum absolute atomic E-state index is 0.107. The van der Waals surface area contributed by atoms with Crippen LogP contribution in [0.25, 0.3) is 0 Å². The third-order valence-corrected chi connectivity index (χ3v) is 4.88. The maximum atomic E-state index is 8.39. The van der Waals surface area contributed by atoms with Crippen molar-refractivity contribution in [3.63, 3.8) is 0 Å². The highest BCUT2D eigenvalue weighted by molar-refractivity contribution is 8.14. The van der Waals surface area contributed by atoms with Gasteiger partial charge >= 0.3 is 0 Å². The summed E-state index contributed by atoms with van der Waals surface area (Å²) in [6, 6.07) is 6.88. The van der Waals surface area contributed by atoms with Gasteiger partial charge in [0.1, 0.15) is 5.76 Å². The van der Waals surface area contributed by atoms with Crippen LogP contribution in [0.2, 0.25) is 5.02 Å². The lowest BCUT2D eigenvalue weighted by molar-refractivity contribution is 0.0750. The maximum absolute atomic E-state index is 8.39. The van der Waals surface area contributed by atoms with E-state index < -0.39 is 0 Å². The fourth-order valence-electron chi connectivity index (χ4n) is 2.31. The number of benzene rings is 1. The summed E-state index contributed by atoms with van der Waals surface area (Å²) in [5.41, 5.74) is 2.09. The minimum Gasteiger partial charge on any atom is -0.458 e. The van der Waals surface area contributed by atoms with Crippen molar-refractivity contribution in [3.8, 4) is 0 Å². The summed E-state index contributed by atoms with van der Waals surface area (Å²) < 4.78 is 10.7. The van der Waals surface area contributed by atoms with Crippen molar-refractivity contribution >= 4 is 40.1 Å². The minimum atomic E-state index is 0.107. The summed E-state index contributed by atoms with van der Waals surface area (Å²) in [5.74, 6) is 1.95. The van der Waals surface area contributed by atoms with Crippen molar-refractivity contribution in [2.45, 2.75) is 6.92 Å². The van der Waals surface area contributed by atoms with Crippen LogP contribution < -0.4 is 0 Å². The molecule has 0 unspecified atom stereocenters. The van der Waals surface area contributed by atoms with E-state index in [1.165, 1.54) is 16.8 Å². The maximum Gasteiger partial charge on any atom is 0.230 e. The van der Waals surface area contributed by atoms with Gasteiger partial charge in [0.15, 0.2) is 16.8 Å². The average molecular weight is 389 g/mol. The zero-order chi connectivity index (χ0) is 18.7. The van der Waals surface area contributed by atoms with Crippen molar-refractivity contribution in [2.24, 2.45) is 5.10 Å². The van der Waals surface area contributed by atoms with E-state index in [1.54, 1.807) is 30.3 Å². The Morgan fingerprint density at radius 3 is 2.69 bits per heavy atom. The van der Waals surface area contributed by atoms with Crippen LogP contribution in [-0.2, 0) is 9.47 Å². The molecule has 2 aliphatic rings. The molecule has 0 aromatic heterocycles. The Morgan fingerprint density at radius 1 is 1.35 bits per heavy atom. The van der Waals surface area contributed by atoms with Crippen molar-refractivity contribution in [2.75, 3.05) is 12.5 Å². The van der Waals surface area contributed by atoms with Gasteiger partial charge < -0.3 is 9.47 Å². The summed E-state index contributed by atoms with van der Waals surface area (Å²) in [6.07, 6.45) is 3.49. The van der Waals surface area contributed by atoms with Crippen LogP contribution in [0.5, 0.6) is 0 Å². The summed E-state index contributed by atoms with van der Waals surface area (Å²) >= 11 is 7.20. The van der Waals surface area contributed by atoms with Crippen LogP contribution in [0, 0.1) is 10.8 Å². The molecular weight excluding hydrogens is 372 g/mol. The number of allylic oxidation sites excluding steroid dienone is 4. The Bertz CT molecular complexity index is 858. The number of hydrogen-bond donors (Lipinski definition) is 2. The highest BCUT2D eigenvalue weighted by Gasteiger charge is 2.24. The standard InChI is InChI=1S/C18H17ClN4O2S/c1-3-12(8-16-11(2)24-10-25-16)15-9-26-18(21)23(22-15)17(20)13-4-6-14(19)7-5-13/h3-8,20-21H,1,9-10H2,2H3/b12-8+,20-17?,21-18?. The van der Waals surface area contributed by atoms with Gasteiger partial charge in [0.25, 0.3) is 0 Å². The van der Waals surface area contributed by atoms with E-state index in [9.17, 15) is 0 Å². The van der Waals surface area contributed by atoms with E-state index in [-0.39, 0.29) is 17.8 Å². The van der Waals surface area contributed by atoms with Crippen molar-refractivity contribution < 1.29 is 9.47 Å². The normalized spacial score (nSPS) is 17.6. The molecule has 2 aliphatic heterocycles. The van der Waals surface area contributed by atoms with Gasteiger partial charge in [-0.15, -0.1) is 0 Å². The number of amidine groups is 2. The monoisotopic (exact) mass is 388 g/mol. The summed E-state index contributed by atoms with van der Waals surface area (Å²) in [5, 5.41) is 23.1. The van der Waals surface area contributed by atoms with Gasteiger partial charge in [-0.05, 0) is 37.3 Å². The fourth-order valence-corrected chi connectivity index (χ4v) is 3.19. The fraction of sp³-hybridized carbons (Fsp3) is 0.167. The predicted octanol–water partition coefficient (Wildman–Crippen LogP) is 4.35. The SMILES string of the molecule is C=C/C(=C\C1=C(C)OCO1)C1=NN(C(=N)c2ccc(Cl)cc2)C(=N)SC1. The molecule has 0 saturated heterocycles. The molecule has 26 heavy (non-hydrogen) atoms. The molecule has 6 nitrogen and oxygen atoms in total. The van der Waals surface area contributed by atoms with Gasteiger partial charge in [0, 0.05) is 21.9 Å². The lowest BCUT2D eigenvalue weighted by atomic mass is 10.1. The first-order valence-corrected chi connectivity index (χ1v) is 9.10. The molecule has 0 atom stereocenters. The topological polar surface area (TPSA) is 81.8 Å². The second kappa shape index (κ2) is 7.80. The van der Waals surface area contributed by atoms with Crippen LogP contribution in [0.4, 0.5) is 0 Å². The zero-order valence-electron chi connectivity index (χ0n) is 14.1. The highest BCUT2D eigenvalue weighted by atomic mass is 35.5. The molecule has 0 saturated carbocycles. The molecule has 0 bridgehead atoms. The first-order valence-electron chi connectivity index (χ1n) is 7.74. The molecule has 0 aliphatic carbocycles. The number of halogens is 1. The van der Waals surface area contributed by atoms with Gasteiger partial charge in [0.2, 0.25) is 6.79 Å². The molecule has 0 radical (unpaired) electrons. The van der Waals surface area contributed by atoms with Gasteiger partial charge in [-0.25, -0.2) is 0 Å². The quantitative estimate of drug-likeness (QED) is 0.456. The third-order valence-electron chi connectivity index (χ3n) is 3.76. The van der Waals surface area contributed by atoms with E-state index in [1.807, 2.05) is 13.0 Å². The summed E-state index contributed by atoms with van der Waals surface area (Å²) in [7, 11) is 0. The van der Waals surface area contributed by atoms with Gasteiger partial charge in [-0.2, -0.15) is 10.1 Å². The van der Waals surface area contributed by atoms with E-state index >= 15 is 0 Å². The largest absolute Gasteiger partial charge is 0.458 e. The Hall–Kier alpha value is -2.51. The van der Waals surface area contributed by atoms with Crippen LogP contribution in [0.3, 0.4) is 0 Å². The van der Waals surface area contributed by atoms with Crippen molar-refractivity contribution in [1.82, 2.24) is 5.01 Å². The van der Waals surface area contributed by atoms with Crippen LogP contribution in [-0.4, -0.2) is 34.3 Å². The molecule has 1 aromatic rings. The Labute approximate surface area is 160 Å². The van der Waals surface area contributed by atoms with E-state index in [4.69, 9.17) is 31.9 Å². The zero-order valence-corrected chi connectivity index (χ0v) is 15.7. The first kappa shape index (κ1) is 18.3. The number of nitrogens with zero attached hydrogens (tertiary/aromatic N) is 2. The highest BCUT2D eigenvalue weighted by Crippen LogP contribution is 2.24. The molecular formula is C18H17ClN4O2S. The van der Waals surface area contributed by atoms with Gasteiger partial charge in [-0.1, -0.05) is 36.0 Å². The summed E-state index contributed by atoms with van der Waals surface area (Å²) in [4.78, 5) is 0. The summed E-state index contributed by atoms with van der Waals surface area (Å²) in [6.45, 7) is 5.87. The Kier molecular flexibility index (Phi) is 5.49. The second-order valence-corrected chi connectivity index (χ2v) is 6.84. The lowest BCUT2D eigenvalue weighted by Gasteiger charge is -2.25. The van der Waals surface area contributed by atoms with E-state index in [2.05, 4.69) is 11.7 Å². The third kappa shape index (κ3) is 3.84. The van der Waals surface area contributed by atoms with Crippen LogP contribution in [0.1, 0.15) is 12.5 Å². The molecule has 1 aromatic carbocycles. The van der Waals surface area contributed by atoms with Gasteiger partial charge in [0.05, 0.1) is 5.71 Å². The van der Waals surface area contributed by atoms with Crippen LogP contribution >= 0.6 is 23.4 Å². The number of rotatable bonds is 4. The number of nitrogens with one attached hydrogen (secondary N) is 2. The molecule has 0 amide bonds. The molecule has 2 heterocycles. The molecule has 2 N–H and O–H groups in total. The molecule has 134 valence electrons. The smallest absolute Gasteiger partial charge is 0.230 e. The van der Waals surface area contributed by atoms with Crippen molar-refractivity contribution in [3.05, 3.63) is 70.7 Å². The number of hydrazone groups is 1.